The highest BCUT2D eigenvalue weighted by Crippen LogP contribution is 2.12. The Hall–Kier alpha value is -2.14. The number of benzene rings is 1. The molecule has 1 aromatic rings. The number of anilines is 1. The van der Waals surface area contributed by atoms with Crippen LogP contribution in [0.4, 0.5) is 5.69 Å². The van der Waals surface area contributed by atoms with Crippen LogP contribution in [0.1, 0.15) is 19.4 Å². The Kier molecular flexibility index (Phi) is 5.72. The normalized spacial score (nSPS) is 14.4. The molecule has 1 saturated heterocycles. The van der Waals surface area contributed by atoms with E-state index in [1.54, 1.807) is 6.08 Å². The van der Waals surface area contributed by atoms with Crippen molar-refractivity contribution in [1.29, 1.82) is 0 Å². The fourth-order valence-electron chi connectivity index (χ4n) is 2.25. The summed E-state index contributed by atoms with van der Waals surface area (Å²) in [4.78, 5) is 25.6. The number of rotatable bonds is 4. The van der Waals surface area contributed by atoms with Crippen LogP contribution in [0.25, 0.3) is 0 Å². The molecule has 5 nitrogen and oxygen atoms in total. The number of morpholine rings is 1. The molecule has 0 saturated carbocycles. The van der Waals surface area contributed by atoms with Crippen LogP contribution in [0.15, 0.2) is 35.9 Å². The largest absolute Gasteiger partial charge is 0.378 e. The molecule has 1 heterocycles. The third kappa shape index (κ3) is 5.00. The van der Waals surface area contributed by atoms with Gasteiger partial charge in [0.1, 0.15) is 0 Å². The average Bonchev–Trinajstić information content (AvgIpc) is 2.49. The monoisotopic (exact) mass is 302 g/mol. The first kappa shape index (κ1) is 16.2. The summed E-state index contributed by atoms with van der Waals surface area (Å²) in [6, 6.07) is 7.38. The molecule has 0 aliphatic carbocycles. The Morgan fingerprint density at radius 1 is 1.18 bits per heavy atom. The highest BCUT2D eigenvalue weighted by molar-refractivity contribution is 5.99. The van der Waals surface area contributed by atoms with Gasteiger partial charge in [0.05, 0.1) is 19.6 Å². The van der Waals surface area contributed by atoms with Crippen molar-refractivity contribution in [2.45, 2.75) is 20.3 Å². The van der Waals surface area contributed by atoms with Gasteiger partial charge in [-0.25, -0.2) is 0 Å². The Morgan fingerprint density at radius 2 is 1.82 bits per heavy atom. The van der Waals surface area contributed by atoms with Gasteiger partial charge in [-0.15, -0.1) is 0 Å². The average molecular weight is 302 g/mol. The van der Waals surface area contributed by atoms with E-state index < -0.39 is 0 Å². The number of carbonyl (C=O) groups excluding carboxylic acids is 2. The molecule has 0 unspecified atom stereocenters. The summed E-state index contributed by atoms with van der Waals surface area (Å²) in [7, 11) is 0. The maximum absolute atomic E-state index is 12.1. The van der Waals surface area contributed by atoms with E-state index >= 15 is 0 Å². The zero-order valence-electron chi connectivity index (χ0n) is 13.1. The smallest absolute Gasteiger partial charge is 0.248 e. The van der Waals surface area contributed by atoms with Crippen molar-refractivity contribution in [3.8, 4) is 0 Å². The van der Waals surface area contributed by atoms with Crippen molar-refractivity contribution in [2.24, 2.45) is 0 Å². The number of allylic oxidation sites excluding steroid dienone is 1. The molecule has 118 valence electrons. The lowest BCUT2D eigenvalue weighted by atomic mass is 10.1. The molecule has 1 N–H and O–H groups in total. The standard InChI is InChI=1S/C17H22N2O3/c1-13(2)11-16(20)18-15-5-3-14(4-6-15)12-17(21)19-7-9-22-10-8-19/h3-6,11H,7-10,12H2,1-2H3,(H,18,20). The van der Waals surface area contributed by atoms with E-state index in [0.29, 0.717) is 32.7 Å². The SMILES string of the molecule is CC(C)=CC(=O)Nc1ccc(CC(=O)N2CCOCC2)cc1. The van der Waals surface area contributed by atoms with Gasteiger partial charge in [0.2, 0.25) is 11.8 Å². The molecule has 5 heteroatoms. The Morgan fingerprint density at radius 3 is 2.41 bits per heavy atom. The van der Waals surface area contributed by atoms with E-state index in [-0.39, 0.29) is 11.8 Å². The second-order valence-corrected chi connectivity index (χ2v) is 5.58. The minimum atomic E-state index is -0.142. The van der Waals surface area contributed by atoms with Gasteiger partial charge in [-0.1, -0.05) is 17.7 Å². The quantitative estimate of drug-likeness (QED) is 0.865. The predicted molar refractivity (Wildman–Crippen MR) is 85.6 cm³/mol. The molecule has 0 radical (unpaired) electrons. The summed E-state index contributed by atoms with van der Waals surface area (Å²) in [6.45, 7) is 6.30. The number of ether oxygens (including phenoxy) is 1. The molecule has 0 aromatic heterocycles. The van der Waals surface area contributed by atoms with Gasteiger partial charge in [0.15, 0.2) is 0 Å². The molecule has 1 aliphatic rings. The minimum absolute atomic E-state index is 0.115. The van der Waals surface area contributed by atoms with Crippen molar-refractivity contribution < 1.29 is 14.3 Å². The van der Waals surface area contributed by atoms with Crippen LogP contribution in [-0.4, -0.2) is 43.0 Å². The highest BCUT2D eigenvalue weighted by atomic mass is 16.5. The number of carbonyl (C=O) groups is 2. The van der Waals surface area contributed by atoms with Gasteiger partial charge in [0.25, 0.3) is 0 Å². The van der Waals surface area contributed by atoms with Gasteiger partial charge in [0, 0.05) is 24.9 Å². The molecular formula is C17H22N2O3. The highest BCUT2D eigenvalue weighted by Gasteiger charge is 2.16. The molecule has 1 fully saturated rings. The van der Waals surface area contributed by atoms with Crippen LogP contribution in [-0.2, 0) is 20.7 Å². The summed E-state index contributed by atoms with van der Waals surface area (Å²) in [5.74, 6) is -0.0261. The lowest BCUT2D eigenvalue weighted by molar-refractivity contribution is -0.134. The fourth-order valence-corrected chi connectivity index (χ4v) is 2.25. The van der Waals surface area contributed by atoms with E-state index in [1.807, 2.05) is 43.0 Å². The van der Waals surface area contributed by atoms with Crippen molar-refractivity contribution in [2.75, 3.05) is 31.6 Å². The number of hydrogen-bond donors (Lipinski definition) is 1. The van der Waals surface area contributed by atoms with Gasteiger partial charge in [-0.2, -0.15) is 0 Å². The molecule has 0 bridgehead atoms. The van der Waals surface area contributed by atoms with E-state index in [1.165, 1.54) is 0 Å². The minimum Gasteiger partial charge on any atom is -0.378 e. The van der Waals surface area contributed by atoms with E-state index in [0.717, 1.165) is 16.8 Å². The van der Waals surface area contributed by atoms with E-state index in [2.05, 4.69) is 5.32 Å². The molecule has 0 spiro atoms. The summed E-state index contributed by atoms with van der Waals surface area (Å²) in [6.07, 6.45) is 1.93. The number of amides is 2. The zero-order chi connectivity index (χ0) is 15.9. The summed E-state index contributed by atoms with van der Waals surface area (Å²) in [5.41, 5.74) is 2.62. The Labute approximate surface area is 130 Å². The molecule has 1 aliphatic heterocycles. The third-order valence-electron chi connectivity index (χ3n) is 3.36. The van der Waals surface area contributed by atoms with Crippen molar-refractivity contribution >= 4 is 17.5 Å². The van der Waals surface area contributed by atoms with Crippen LogP contribution in [0.3, 0.4) is 0 Å². The predicted octanol–water partition coefficient (Wildman–Crippen LogP) is 1.99. The maximum Gasteiger partial charge on any atom is 0.248 e. The van der Waals surface area contributed by atoms with E-state index in [9.17, 15) is 9.59 Å². The van der Waals surface area contributed by atoms with Crippen molar-refractivity contribution in [1.82, 2.24) is 4.90 Å². The Balaban J connectivity index is 1.90. The van der Waals surface area contributed by atoms with Crippen LogP contribution in [0, 0.1) is 0 Å². The number of nitrogens with one attached hydrogen (secondary N) is 1. The molecule has 2 amide bonds. The van der Waals surface area contributed by atoms with Crippen molar-refractivity contribution in [3.63, 3.8) is 0 Å². The first-order chi connectivity index (χ1) is 10.5. The third-order valence-corrected chi connectivity index (χ3v) is 3.36. The first-order valence-corrected chi connectivity index (χ1v) is 7.45. The van der Waals surface area contributed by atoms with Crippen LogP contribution in [0.2, 0.25) is 0 Å². The summed E-state index contributed by atoms with van der Waals surface area (Å²) in [5, 5.41) is 2.79. The van der Waals surface area contributed by atoms with Gasteiger partial charge in [-0.05, 0) is 31.5 Å². The summed E-state index contributed by atoms with van der Waals surface area (Å²) < 4.78 is 5.24. The molecule has 2 rings (SSSR count). The molecule has 22 heavy (non-hydrogen) atoms. The molecule has 1 aromatic carbocycles. The number of nitrogens with zero attached hydrogens (tertiary/aromatic N) is 1. The lowest BCUT2D eigenvalue weighted by Crippen LogP contribution is -2.41. The van der Waals surface area contributed by atoms with Crippen LogP contribution >= 0.6 is 0 Å². The summed E-state index contributed by atoms with van der Waals surface area (Å²) >= 11 is 0. The molecular weight excluding hydrogens is 280 g/mol. The topological polar surface area (TPSA) is 58.6 Å². The lowest BCUT2D eigenvalue weighted by Gasteiger charge is -2.26. The Bertz CT molecular complexity index is 554. The number of hydrogen-bond acceptors (Lipinski definition) is 3. The van der Waals surface area contributed by atoms with E-state index in [4.69, 9.17) is 4.74 Å². The second kappa shape index (κ2) is 7.75. The van der Waals surface area contributed by atoms with Crippen LogP contribution < -0.4 is 5.32 Å². The van der Waals surface area contributed by atoms with Crippen LogP contribution in [0.5, 0.6) is 0 Å². The zero-order valence-corrected chi connectivity index (χ0v) is 13.1. The van der Waals surface area contributed by atoms with Gasteiger partial charge in [-0.3, -0.25) is 9.59 Å². The fraction of sp³-hybridized carbons (Fsp3) is 0.412. The first-order valence-electron chi connectivity index (χ1n) is 7.45. The molecule has 0 atom stereocenters. The van der Waals surface area contributed by atoms with Gasteiger partial charge >= 0.3 is 0 Å². The second-order valence-electron chi connectivity index (χ2n) is 5.58. The van der Waals surface area contributed by atoms with Gasteiger partial charge < -0.3 is 15.0 Å². The maximum atomic E-state index is 12.1. The van der Waals surface area contributed by atoms with Crippen molar-refractivity contribution in [3.05, 3.63) is 41.5 Å².